The summed E-state index contributed by atoms with van der Waals surface area (Å²) in [6, 6.07) is 0. The van der Waals surface area contributed by atoms with Crippen LogP contribution in [0.15, 0.2) is 0 Å². The van der Waals surface area contributed by atoms with Crippen molar-refractivity contribution in [1.29, 1.82) is 0 Å². The highest BCUT2D eigenvalue weighted by atomic mass is 16.3. The first-order valence-corrected chi connectivity index (χ1v) is 2.87. The second-order valence-electron chi connectivity index (χ2n) is 1.71. The minimum Gasteiger partial charge on any atom is -0.388 e. The molecule has 0 aliphatic heterocycles. The van der Waals surface area contributed by atoms with Crippen LogP contribution in [0.4, 0.5) is 0 Å². The molecule has 0 spiro atoms. The van der Waals surface area contributed by atoms with Gasteiger partial charge in [-0.25, -0.2) is 4.98 Å². The van der Waals surface area contributed by atoms with Crippen LogP contribution in [-0.2, 0) is 13.0 Å². The molecule has 4 nitrogen and oxygen atoms in total. The van der Waals surface area contributed by atoms with Gasteiger partial charge in [0, 0.05) is 6.42 Å². The maximum Gasteiger partial charge on any atom is 0.150 e. The number of nitrogens with zero attached hydrogens (tertiary/aromatic N) is 2. The van der Waals surface area contributed by atoms with Crippen molar-refractivity contribution < 1.29 is 5.11 Å². The van der Waals surface area contributed by atoms with Crippen molar-refractivity contribution in [2.45, 2.75) is 20.0 Å². The van der Waals surface area contributed by atoms with Gasteiger partial charge in [0.05, 0.1) is 0 Å². The van der Waals surface area contributed by atoms with Gasteiger partial charge in [-0.05, 0) is 0 Å². The second-order valence-corrected chi connectivity index (χ2v) is 1.71. The van der Waals surface area contributed by atoms with Crippen LogP contribution in [0.5, 0.6) is 0 Å². The van der Waals surface area contributed by atoms with Crippen LogP contribution in [0.1, 0.15) is 18.6 Å². The zero-order valence-electron chi connectivity index (χ0n) is 5.26. The Morgan fingerprint density at radius 2 is 2.44 bits per heavy atom. The van der Waals surface area contributed by atoms with E-state index in [-0.39, 0.29) is 6.61 Å². The maximum atomic E-state index is 8.51. The molecule has 0 unspecified atom stereocenters. The average molecular weight is 127 g/mol. The van der Waals surface area contributed by atoms with Crippen LogP contribution in [0.2, 0.25) is 0 Å². The molecule has 0 radical (unpaired) electrons. The van der Waals surface area contributed by atoms with Crippen molar-refractivity contribution in [3.05, 3.63) is 11.6 Å². The van der Waals surface area contributed by atoms with Gasteiger partial charge in [0.25, 0.3) is 0 Å². The van der Waals surface area contributed by atoms with Crippen LogP contribution >= 0.6 is 0 Å². The molecule has 0 bridgehead atoms. The SMILES string of the molecule is CCc1n[nH]c(CO)n1. The van der Waals surface area contributed by atoms with Crippen molar-refractivity contribution in [1.82, 2.24) is 15.2 Å². The molecule has 0 atom stereocenters. The Morgan fingerprint density at radius 1 is 1.67 bits per heavy atom. The highest BCUT2D eigenvalue weighted by Gasteiger charge is 1.96. The summed E-state index contributed by atoms with van der Waals surface area (Å²) in [5.41, 5.74) is 0. The molecule has 0 aliphatic rings. The standard InChI is InChI=1S/C5H9N3O/c1-2-4-6-5(3-9)8-7-4/h9H,2-3H2,1H3,(H,6,7,8). The molecular weight excluding hydrogens is 118 g/mol. The maximum absolute atomic E-state index is 8.51. The summed E-state index contributed by atoms with van der Waals surface area (Å²) in [6.45, 7) is 1.90. The van der Waals surface area contributed by atoms with E-state index in [2.05, 4.69) is 15.2 Å². The molecule has 50 valence electrons. The van der Waals surface area contributed by atoms with E-state index in [9.17, 15) is 0 Å². The van der Waals surface area contributed by atoms with Gasteiger partial charge in [0.2, 0.25) is 0 Å². The van der Waals surface area contributed by atoms with Crippen molar-refractivity contribution >= 4 is 0 Å². The molecule has 1 aromatic rings. The Labute approximate surface area is 52.9 Å². The van der Waals surface area contributed by atoms with Gasteiger partial charge in [0.1, 0.15) is 12.4 Å². The predicted molar refractivity (Wildman–Crippen MR) is 31.7 cm³/mol. The lowest BCUT2D eigenvalue weighted by Gasteiger charge is -1.80. The van der Waals surface area contributed by atoms with E-state index in [1.165, 1.54) is 0 Å². The number of aromatic amines is 1. The van der Waals surface area contributed by atoms with E-state index in [4.69, 9.17) is 5.11 Å². The molecule has 0 aromatic carbocycles. The number of hydrogen-bond acceptors (Lipinski definition) is 3. The quantitative estimate of drug-likeness (QED) is 0.581. The number of aromatic nitrogens is 3. The molecule has 2 N–H and O–H groups in total. The average Bonchev–Trinajstić information content (AvgIpc) is 2.34. The Kier molecular flexibility index (Phi) is 1.79. The van der Waals surface area contributed by atoms with Gasteiger partial charge in [0.15, 0.2) is 5.82 Å². The molecule has 9 heavy (non-hydrogen) atoms. The summed E-state index contributed by atoms with van der Waals surface area (Å²) in [5, 5.41) is 14.9. The summed E-state index contributed by atoms with van der Waals surface area (Å²) in [5.74, 6) is 1.28. The van der Waals surface area contributed by atoms with Crippen LogP contribution < -0.4 is 0 Å². The normalized spacial score (nSPS) is 10.0. The molecule has 1 rings (SSSR count). The van der Waals surface area contributed by atoms with Gasteiger partial charge in [-0.3, -0.25) is 5.10 Å². The van der Waals surface area contributed by atoms with Crippen molar-refractivity contribution in [3.8, 4) is 0 Å². The van der Waals surface area contributed by atoms with Crippen LogP contribution in [0, 0.1) is 0 Å². The summed E-state index contributed by atoms with van der Waals surface area (Å²) >= 11 is 0. The summed E-state index contributed by atoms with van der Waals surface area (Å²) in [4.78, 5) is 3.93. The molecule has 1 heterocycles. The first-order valence-electron chi connectivity index (χ1n) is 2.87. The van der Waals surface area contributed by atoms with Crippen molar-refractivity contribution in [2.75, 3.05) is 0 Å². The number of hydrogen-bond donors (Lipinski definition) is 2. The smallest absolute Gasteiger partial charge is 0.150 e. The van der Waals surface area contributed by atoms with Crippen molar-refractivity contribution in [2.24, 2.45) is 0 Å². The highest BCUT2D eigenvalue weighted by Crippen LogP contribution is 1.91. The molecule has 0 aliphatic carbocycles. The molecule has 1 aromatic heterocycles. The molecular formula is C5H9N3O. The van der Waals surface area contributed by atoms with Gasteiger partial charge in [-0.1, -0.05) is 6.92 Å². The van der Waals surface area contributed by atoms with Gasteiger partial charge in [-0.2, -0.15) is 5.10 Å². The lowest BCUT2D eigenvalue weighted by atomic mass is 10.5. The lowest BCUT2D eigenvalue weighted by Crippen LogP contribution is -1.85. The number of aryl methyl sites for hydroxylation is 1. The van der Waals surface area contributed by atoms with Crippen LogP contribution in [-0.4, -0.2) is 20.3 Å². The number of H-pyrrole nitrogens is 1. The fourth-order valence-corrected chi connectivity index (χ4v) is 0.564. The zero-order chi connectivity index (χ0) is 6.69. The van der Waals surface area contributed by atoms with Gasteiger partial charge >= 0.3 is 0 Å². The predicted octanol–water partition coefficient (Wildman–Crippen LogP) is -0.141. The van der Waals surface area contributed by atoms with E-state index in [1.54, 1.807) is 0 Å². The molecule has 0 saturated carbocycles. The molecule has 4 heteroatoms. The minimum absolute atomic E-state index is 0.0625. The van der Waals surface area contributed by atoms with Gasteiger partial charge < -0.3 is 5.11 Å². The third-order valence-corrected chi connectivity index (χ3v) is 1.04. The lowest BCUT2D eigenvalue weighted by molar-refractivity contribution is 0.271. The van der Waals surface area contributed by atoms with Gasteiger partial charge in [-0.15, -0.1) is 0 Å². The van der Waals surface area contributed by atoms with Crippen LogP contribution in [0.25, 0.3) is 0 Å². The second kappa shape index (κ2) is 2.59. The monoisotopic (exact) mass is 127 g/mol. The summed E-state index contributed by atoms with van der Waals surface area (Å²) in [7, 11) is 0. The molecule has 0 fully saturated rings. The highest BCUT2D eigenvalue weighted by molar-refractivity contribution is 4.87. The third-order valence-electron chi connectivity index (χ3n) is 1.04. The van der Waals surface area contributed by atoms with E-state index >= 15 is 0 Å². The van der Waals surface area contributed by atoms with E-state index in [0.29, 0.717) is 5.82 Å². The Morgan fingerprint density at radius 3 is 2.78 bits per heavy atom. The Hall–Kier alpha value is -0.900. The third kappa shape index (κ3) is 1.26. The zero-order valence-corrected chi connectivity index (χ0v) is 5.26. The summed E-state index contributed by atoms with van der Waals surface area (Å²) < 4.78 is 0. The van der Waals surface area contributed by atoms with Crippen LogP contribution in [0.3, 0.4) is 0 Å². The van der Waals surface area contributed by atoms with E-state index < -0.39 is 0 Å². The Balaban J connectivity index is 2.74. The van der Waals surface area contributed by atoms with E-state index in [1.807, 2.05) is 6.92 Å². The molecule has 0 saturated heterocycles. The number of aliphatic hydroxyl groups excluding tert-OH is 1. The largest absolute Gasteiger partial charge is 0.388 e. The minimum atomic E-state index is -0.0625. The van der Waals surface area contributed by atoms with E-state index in [0.717, 1.165) is 12.2 Å². The Bertz CT molecular complexity index is 166. The molecule has 0 amide bonds. The first kappa shape index (κ1) is 6.22. The number of nitrogens with one attached hydrogen (secondary N) is 1. The fourth-order valence-electron chi connectivity index (χ4n) is 0.564. The van der Waals surface area contributed by atoms with Crippen molar-refractivity contribution in [3.63, 3.8) is 0 Å². The number of rotatable bonds is 2. The first-order chi connectivity index (χ1) is 4.36. The topological polar surface area (TPSA) is 61.8 Å². The number of aliphatic hydroxyl groups is 1. The summed E-state index contributed by atoms with van der Waals surface area (Å²) in [6.07, 6.45) is 0.802. The fraction of sp³-hybridized carbons (Fsp3) is 0.600.